The van der Waals surface area contributed by atoms with Crippen LogP contribution in [0.2, 0.25) is 0 Å². The Hall–Kier alpha value is -1.56. The van der Waals surface area contributed by atoms with Gasteiger partial charge in [0, 0.05) is 16.9 Å². The molecule has 0 aliphatic rings. The molecule has 1 atom stereocenters. The van der Waals surface area contributed by atoms with Gasteiger partial charge in [0.2, 0.25) is 0 Å². The molecular weight excluding hydrogens is 362 g/mol. The summed E-state index contributed by atoms with van der Waals surface area (Å²) < 4.78 is 6.24. The fraction of sp³-hybridized carbons (Fsp3) is 0.529. The van der Waals surface area contributed by atoms with Crippen LogP contribution in [-0.4, -0.2) is 28.8 Å². The molecule has 0 heterocycles. The van der Waals surface area contributed by atoms with Crippen LogP contribution < -0.4 is 5.32 Å². The van der Waals surface area contributed by atoms with Crippen molar-refractivity contribution in [2.75, 3.05) is 0 Å². The number of hydrogen-bond acceptors (Lipinski definition) is 3. The number of aryl methyl sites for hydroxylation is 1. The molecule has 0 aliphatic heterocycles. The highest BCUT2D eigenvalue weighted by molar-refractivity contribution is 9.10. The first kappa shape index (κ1) is 19.5. The SMILES string of the molecule is Cc1ccc(CC(CCC(=O)O)NC(=O)OC(C)(C)C)cc1Br. The molecule has 1 amide bonds. The Kier molecular flexibility index (Phi) is 7.06. The zero-order chi connectivity index (χ0) is 17.6. The fourth-order valence-corrected chi connectivity index (χ4v) is 2.47. The van der Waals surface area contributed by atoms with E-state index in [0.717, 1.165) is 15.6 Å². The lowest BCUT2D eigenvalue weighted by Gasteiger charge is -2.23. The number of carbonyl (C=O) groups excluding carboxylic acids is 1. The molecule has 128 valence electrons. The smallest absolute Gasteiger partial charge is 0.407 e. The first-order valence-electron chi connectivity index (χ1n) is 7.53. The summed E-state index contributed by atoms with van der Waals surface area (Å²) in [6, 6.07) is 5.65. The Morgan fingerprint density at radius 2 is 2.00 bits per heavy atom. The number of alkyl carbamates (subject to hydrolysis) is 1. The van der Waals surface area contributed by atoms with E-state index >= 15 is 0 Å². The van der Waals surface area contributed by atoms with Crippen LogP contribution in [0.1, 0.15) is 44.7 Å². The van der Waals surface area contributed by atoms with Crippen molar-refractivity contribution in [1.82, 2.24) is 5.32 Å². The Bertz CT molecular complexity index is 566. The fourth-order valence-electron chi connectivity index (χ4n) is 2.05. The summed E-state index contributed by atoms with van der Waals surface area (Å²) in [6.07, 6.45) is 0.359. The molecule has 2 N–H and O–H groups in total. The molecule has 0 radical (unpaired) electrons. The van der Waals surface area contributed by atoms with Crippen LogP contribution in [0.15, 0.2) is 22.7 Å². The van der Waals surface area contributed by atoms with Crippen molar-refractivity contribution >= 4 is 28.0 Å². The van der Waals surface area contributed by atoms with E-state index in [4.69, 9.17) is 9.84 Å². The summed E-state index contributed by atoms with van der Waals surface area (Å²) in [5.74, 6) is -0.883. The Morgan fingerprint density at radius 3 is 2.52 bits per heavy atom. The maximum atomic E-state index is 11.9. The number of hydrogen-bond donors (Lipinski definition) is 2. The number of nitrogens with one attached hydrogen (secondary N) is 1. The molecule has 1 aromatic rings. The van der Waals surface area contributed by atoms with E-state index in [1.165, 1.54) is 0 Å². The third-order valence-electron chi connectivity index (χ3n) is 3.15. The summed E-state index contributed by atoms with van der Waals surface area (Å²) in [4.78, 5) is 22.8. The van der Waals surface area contributed by atoms with Crippen molar-refractivity contribution in [2.24, 2.45) is 0 Å². The number of benzene rings is 1. The molecule has 0 saturated heterocycles. The highest BCUT2D eigenvalue weighted by Crippen LogP contribution is 2.19. The van der Waals surface area contributed by atoms with Gasteiger partial charge in [-0.3, -0.25) is 4.79 Å². The molecule has 6 heteroatoms. The summed E-state index contributed by atoms with van der Waals surface area (Å²) >= 11 is 3.48. The molecular formula is C17H24BrNO4. The van der Waals surface area contributed by atoms with E-state index in [1.54, 1.807) is 20.8 Å². The van der Waals surface area contributed by atoms with Crippen LogP contribution in [0.4, 0.5) is 4.79 Å². The van der Waals surface area contributed by atoms with Crippen molar-refractivity contribution < 1.29 is 19.4 Å². The van der Waals surface area contributed by atoms with Gasteiger partial charge >= 0.3 is 12.1 Å². The molecule has 0 saturated carbocycles. The highest BCUT2D eigenvalue weighted by Gasteiger charge is 2.20. The summed E-state index contributed by atoms with van der Waals surface area (Å²) in [6.45, 7) is 7.36. The van der Waals surface area contributed by atoms with E-state index in [9.17, 15) is 9.59 Å². The van der Waals surface area contributed by atoms with Crippen LogP contribution in [0.25, 0.3) is 0 Å². The van der Waals surface area contributed by atoms with Crippen molar-refractivity contribution in [2.45, 2.75) is 58.6 Å². The first-order chi connectivity index (χ1) is 10.6. The van der Waals surface area contributed by atoms with Gasteiger partial charge in [-0.15, -0.1) is 0 Å². The quantitative estimate of drug-likeness (QED) is 0.773. The zero-order valence-corrected chi connectivity index (χ0v) is 15.6. The molecule has 1 rings (SSSR count). The molecule has 0 fully saturated rings. The minimum Gasteiger partial charge on any atom is -0.481 e. The minimum atomic E-state index is -0.883. The lowest BCUT2D eigenvalue weighted by molar-refractivity contribution is -0.137. The van der Waals surface area contributed by atoms with Gasteiger partial charge in [0.15, 0.2) is 0 Å². The Labute approximate surface area is 145 Å². The number of ether oxygens (including phenoxy) is 1. The van der Waals surface area contributed by atoms with E-state index in [0.29, 0.717) is 12.8 Å². The summed E-state index contributed by atoms with van der Waals surface area (Å²) in [7, 11) is 0. The van der Waals surface area contributed by atoms with E-state index < -0.39 is 17.7 Å². The van der Waals surface area contributed by atoms with Gasteiger partial charge in [-0.2, -0.15) is 0 Å². The minimum absolute atomic E-state index is 0.00645. The summed E-state index contributed by atoms with van der Waals surface area (Å²) in [5, 5.41) is 11.6. The van der Waals surface area contributed by atoms with Crippen LogP contribution >= 0.6 is 15.9 Å². The van der Waals surface area contributed by atoms with E-state index in [-0.39, 0.29) is 12.5 Å². The number of rotatable bonds is 6. The summed E-state index contributed by atoms with van der Waals surface area (Å²) in [5.41, 5.74) is 1.55. The van der Waals surface area contributed by atoms with Crippen LogP contribution in [0.3, 0.4) is 0 Å². The molecule has 1 unspecified atom stereocenters. The van der Waals surface area contributed by atoms with Gasteiger partial charge in [-0.05, 0) is 57.7 Å². The second kappa shape index (κ2) is 8.34. The topological polar surface area (TPSA) is 75.6 Å². The number of carboxylic acid groups (broad SMARTS) is 1. The second-order valence-corrected chi connectivity index (χ2v) is 7.42. The monoisotopic (exact) mass is 385 g/mol. The number of carboxylic acids is 1. The Balaban J connectivity index is 2.76. The molecule has 5 nitrogen and oxygen atoms in total. The van der Waals surface area contributed by atoms with Crippen molar-refractivity contribution in [3.8, 4) is 0 Å². The van der Waals surface area contributed by atoms with Crippen LogP contribution in [-0.2, 0) is 16.0 Å². The second-order valence-electron chi connectivity index (χ2n) is 6.56. The molecule has 23 heavy (non-hydrogen) atoms. The maximum Gasteiger partial charge on any atom is 0.407 e. The van der Waals surface area contributed by atoms with Gasteiger partial charge in [0.1, 0.15) is 5.60 Å². The lowest BCUT2D eigenvalue weighted by atomic mass is 10.0. The Morgan fingerprint density at radius 1 is 1.35 bits per heavy atom. The molecule has 0 bridgehead atoms. The predicted molar refractivity (Wildman–Crippen MR) is 92.6 cm³/mol. The number of carbonyl (C=O) groups is 2. The maximum absolute atomic E-state index is 11.9. The number of amides is 1. The van der Waals surface area contributed by atoms with Gasteiger partial charge in [0.05, 0.1) is 0 Å². The molecule has 0 spiro atoms. The number of aliphatic carboxylic acids is 1. The number of halogens is 1. The van der Waals surface area contributed by atoms with Crippen LogP contribution in [0.5, 0.6) is 0 Å². The van der Waals surface area contributed by atoms with Crippen molar-refractivity contribution in [3.63, 3.8) is 0 Å². The normalized spacial score (nSPS) is 12.6. The van der Waals surface area contributed by atoms with Gasteiger partial charge in [0.25, 0.3) is 0 Å². The van der Waals surface area contributed by atoms with Crippen molar-refractivity contribution in [3.05, 3.63) is 33.8 Å². The largest absolute Gasteiger partial charge is 0.481 e. The molecule has 1 aromatic carbocycles. The average Bonchev–Trinajstić information content (AvgIpc) is 2.38. The predicted octanol–water partition coefficient (Wildman–Crippen LogP) is 4.06. The standard InChI is InChI=1S/C17H24BrNO4/c1-11-5-6-12(10-14(11)18)9-13(7-8-15(20)21)19-16(22)23-17(2,3)4/h5-6,10,13H,7-9H2,1-4H3,(H,19,22)(H,20,21). The van der Waals surface area contributed by atoms with E-state index in [1.807, 2.05) is 25.1 Å². The van der Waals surface area contributed by atoms with E-state index in [2.05, 4.69) is 21.2 Å². The van der Waals surface area contributed by atoms with Crippen molar-refractivity contribution in [1.29, 1.82) is 0 Å². The highest BCUT2D eigenvalue weighted by atomic mass is 79.9. The van der Waals surface area contributed by atoms with Gasteiger partial charge in [-0.25, -0.2) is 4.79 Å². The first-order valence-corrected chi connectivity index (χ1v) is 8.32. The van der Waals surface area contributed by atoms with Crippen LogP contribution in [0, 0.1) is 6.92 Å². The van der Waals surface area contributed by atoms with Gasteiger partial charge in [-0.1, -0.05) is 28.1 Å². The molecule has 0 aliphatic carbocycles. The zero-order valence-electron chi connectivity index (χ0n) is 14.0. The third-order valence-corrected chi connectivity index (χ3v) is 4.00. The van der Waals surface area contributed by atoms with Gasteiger partial charge < -0.3 is 15.2 Å². The lowest BCUT2D eigenvalue weighted by Crippen LogP contribution is -2.40. The molecule has 0 aromatic heterocycles. The average molecular weight is 386 g/mol. The third kappa shape index (κ3) is 8.02.